The Morgan fingerprint density at radius 3 is 2.68 bits per heavy atom. The molecule has 1 spiro atoms. The first kappa shape index (κ1) is 24.9. The van der Waals surface area contributed by atoms with E-state index >= 15 is 0 Å². The second kappa shape index (κ2) is 10.6. The molecule has 4 rings (SSSR count). The predicted octanol–water partition coefficient (Wildman–Crippen LogP) is 2.47. The smallest absolute Gasteiger partial charge is 0.246 e. The summed E-state index contributed by atoms with van der Waals surface area (Å²) in [7, 11) is 0.887. The van der Waals surface area contributed by atoms with Gasteiger partial charge in [-0.1, -0.05) is 5.16 Å². The SMILES string of the molecule is COCCc1noc(CC2CCOC3(CCN(S(=O)(=O)c4cc(OC)ccc4OC)CC3)C2)n1. The minimum Gasteiger partial charge on any atom is -0.497 e. The highest BCUT2D eigenvalue weighted by Gasteiger charge is 2.43. The van der Waals surface area contributed by atoms with E-state index in [1.807, 2.05) is 0 Å². The van der Waals surface area contributed by atoms with Crippen molar-refractivity contribution in [3.63, 3.8) is 0 Å². The van der Waals surface area contributed by atoms with Gasteiger partial charge in [-0.15, -0.1) is 0 Å². The Balaban J connectivity index is 1.40. The predicted molar refractivity (Wildman–Crippen MR) is 123 cm³/mol. The normalized spacial score (nSPS) is 21.0. The number of aromatic nitrogens is 2. The summed E-state index contributed by atoms with van der Waals surface area (Å²) in [5.74, 6) is 2.42. The number of hydrogen-bond donors (Lipinski definition) is 0. The molecule has 2 aliphatic rings. The summed E-state index contributed by atoms with van der Waals surface area (Å²) in [6, 6.07) is 4.81. The van der Waals surface area contributed by atoms with Crippen molar-refractivity contribution in [2.45, 2.75) is 49.0 Å². The van der Waals surface area contributed by atoms with E-state index in [1.54, 1.807) is 19.2 Å². The molecular formula is C23H33N3O7S. The molecule has 0 radical (unpaired) electrons. The number of hydrogen-bond acceptors (Lipinski definition) is 9. The van der Waals surface area contributed by atoms with Crippen LogP contribution in [-0.4, -0.2) is 76.1 Å². The molecule has 10 nitrogen and oxygen atoms in total. The van der Waals surface area contributed by atoms with Crippen molar-refractivity contribution in [3.8, 4) is 11.5 Å². The topological polar surface area (TPSA) is 113 Å². The third kappa shape index (κ3) is 5.37. The molecule has 0 N–H and O–H groups in total. The Morgan fingerprint density at radius 1 is 1.18 bits per heavy atom. The Hall–Kier alpha value is -2.21. The maximum Gasteiger partial charge on any atom is 0.246 e. The molecule has 2 saturated heterocycles. The van der Waals surface area contributed by atoms with E-state index in [2.05, 4.69) is 10.1 Å². The van der Waals surface area contributed by atoms with Crippen LogP contribution in [0.5, 0.6) is 11.5 Å². The lowest BCUT2D eigenvalue weighted by Crippen LogP contribution is -2.50. The van der Waals surface area contributed by atoms with Crippen LogP contribution in [0.15, 0.2) is 27.6 Å². The highest BCUT2D eigenvalue weighted by Crippen LogP contribution is 2.40. The molecule has 188 valence electrons. The first-order valence-corrected chi connectivity index (χ1v) is 13.0. The molecule has 1 atom stereocenters. The number of nitrogens with zero attached hydrogens (tertiary/aromatic N) is 3. The zero-order chi connectivity index (χ0) is 24.2. The second-order valence-corrected chi connectivity index (χ2v) is 10.8. The Labute approximate surface area is 200 Å². The average Bonchev–Trinajstić information content (AvgIpc) is 3.29. The standard InChI is InChI=1S/C23H33N3O7S/c1-29-12-7-21-24-22(33-25-21)14-17-6-13-32-23(16-17)8-10-26(11-9-23)34(27,28)20-15-18(30-2)4-5-19(20)31-3/h4-5,15,17H,6-14,16H2,1-3H3. The summed E-state index contributed by atoms with van der Waals surface area (Å²) < 4.78 is 55.6. The van der Waals surface area contributed by atoms with E-state index in [1.165, 1.54) is 24.6 Å². The lowest BCUT2D eigenvalue weighted by Gasteiger charge is -2.45. The molecule has 1 unspecified atom stereocenters. The minimum absolute atomic E-state index is 0.119. The molecule has 1 aromatic heterocycles. The number of methoxy groups -OCH3 is 3. The van der Waals surface area contributed by atoms with Gasteiger partial charge in [0, 0.05) is 45.7 Å². The van der Waals surface area contributed by atoms with E-state index in [9.17, 15) is 8.42 Å². The average molecular weight is 496 g/mol. The number of piperidine rings is 1. The van der Waals surface area contributed by atoms with Gasteiger partial charge in [-0.2, -0.15) is 9.29 Å². The van der Waals surface area contributed by atoms with Crippen molar-refractivity contribution >= 4 is 10.0 Å². The maximum atomic E-state index is 13.4. The monoisotopic (exact) mass is 495 g/mol. The van der Waals surface area contributed by atoms with E-state index in [-0.39, 0.29) is 10.5 Å². The van der Waals surface area contributed by atoms with E-state index in [0.717, 1.165) is 12.8 Å². The molecular weight excluding hydrogens is 462 g/mol. The van der Waals surface area contributed by atoms with Crippen molar-refractivity contribution in [1.82, 2.24) is 14.4 Å². The fraction of sp³-hybridized carbons (Fsp3) is 0.652. The van der Waals surface area contributed by atoms with Crippen LogP contribution in [-0.2, 0) is 32.3 Å². The van der Waals surface area contributed by atoms with Crippen molar-refractivity contribution in [2.75, 3.05) is 47.6 Å². The highest BCUT2D eigenvalue weighted by molar-refractivity contribution is 7.89. The summed E-state index contributed by atoms with van der Waals surface area (Å²) >= 11 is 0. The van der Waals surface area contributed by atoms with E-state index in [4.69, 9.17) is 23.5 Å². The van der Waals surface area contributed by atoms with Crippen molar-refractivity contribution < 1.29 is 31.9 Å². The van der Waals surface area contributed by atoms with Crippen molar-refractivity contribution in [3.05, 3.63) is 29.9 Å². The molecule has 2 aliphatic heterocycles. The van der Waals surface area contributed by atoms with Gasteiger partial charge in [0.1, 0.15) is 16.4 Å². The summed E-state index contributed by atoms with van der Waals surface area (Å²) in [6.45, 7) is 1.97. The minimum atomic E-state index is -3.73. The first-order valence-electron chi connectivity index (χ1n) is 11.6. The van der Waals surface area contributed by atoms with Gasteiger partial charge in [-0.05, 0) is 43.7 Å². The summed E-state index contributed by atoms with van der Waals surface area (Å²) in [6.07, 6.45) is 4.36. The van der Waals surface area contributed by atoms with Crippen LogP contribution in [0.2, 0.25) is 0 Å². The third-order valence-corrected chi connectivity index (χ3v) is 8.64. The number of sulfonamides is 1. The van der Waals surface area contributed by atoms with E-state index in [0.29, 0.717) is 81.1 Å². The molecule has 0 saturated carbocycles. The van der Waals surface area contributed by atoms with Crippen LogP contribution in [0.3, 0.4) is 0 Å². The van der Waals surface area contributed by atoms with E-state index < -0.39 is 10.0 Å². The van der Waals surface area contributed by atoms with Crippen LogP contribution < -0.4 is 9.47 Å². The molecule has 11 heteroatoms. The highest BCUT2D eigenvalue weighted by atomic mass is 32.2. The molecule has 2 fully saturated rings. The Kier molecular flexibility index (Phi) is 7.76. The number of rotatable bonds is 9. The number of benzene rings is 1. The van der Waals surface area contributed by atoms with Crippen LogP contribution in [0.1, 0.15) is 37.4 Å². The molecule has 2 aromatic rings. The Morgan fingerprint density at radius 2 is 1.97 bits per heavy atom. The molecule has 1 aromatic carbocycles. The van der Waals surface area contributed by atoms with Crippen molar-refractivity contribution in [2.24, 2.45) is 5.92 Å². The lowest BCUT2D eigenvalue weighted by molar-refractivity contribution is -0.121. The largest absolute Gasteiger partial charge is 0.497 e. The molecule has 0 amide bonds. The van der Waals surface area contributed by atoms with Gasteiger partial charge in [-0.25, -0.2) is 8.42 Å². The molecule has 34 heavy (non-hydrogen) atoms. The first-order chi connectivity index (χ1) is 16.4. The van der Waals surface area contributed by atoms with Gasteiger partial charge in [0.05, 0.1) is 26.4 Å². The van der Waals surface area contributed by atoms with Gasteiger partial charge >= 0.3 is 0 Å². The van der Waals surface area contributed by atoms with Crippen LogP contribution in [0, 0.1) is 5.92 Å². The van der Waals surface area contributed by atoms with Crippen LogP contribution in [0.25, 0.3) is 0 Å². The third-order valence-electron chi connectivity index (χ3n) is 6.72. The van der Waals surface area contributed by atoms with Gasteiger partial charge in [0.25, 0.3) is 0 Å². The van der Waals surface area contributed by atoms with Crippen molar-refractivity contribution in [1.29, 1.82) is 0 Å². The fourth-order valence-electron chi connectivity index (χ4n) is 4.83. The molecule has 3 heterocycles. The molecule has 0 aliphatic carbocycles. The maximum absolute atomic E-state index is 13.4. The zero-order valence-corrected chi connectivity index (χ0v) is 20.8. The fourth-order valence-corrected chi connectivity index (χ4v) is 6.44. The van der Waals surface area contributed by atoms with Gasteiger partial charge in [-0.3, -0.25) is 0 Å². The summed E-state index contributed by atoms with van der Waals surface area (Å²) in [5, 5.41) is 4.03. The molecule has 0 bridgehead atoms. The summed E-state index contributed by atoms with van der Waals surface area (Å²) in [5.41, 5.74) is -0.327. The summed E-state index contributed by atoms with van der Waals surface area (Å²) in [4.78, 5) is 4.59. The van der Waals surface area contributed by atoms with Crippen LogP contribution >= 0.6 is 0 Å². The quantitative estimate of drug-likeness (QED) is 0.518. The Bertz CT molecular complexity index is 1060. The zero-order valence-electron chi connectivity index (χ0n) is 20.0. The number of ether oxygens (including phenoxy) is 4. The van der Waals surface area contributed by atoms with Gasteiger partial charge in [0.15, 0.2) is 5.82 Å². The lowest BCUT2D eigenvalue weighted by atomic mass is 9.79. The van der Waals surface area contributed by atoms with Gasteiger partial charge in [0.2, 0.25) is 15.9 Å². The second-order valence-electron chi connectivity index (χ2n) is 8.86. The van der Waals surface area contributed by atoms with Crippen LogP contribution in [0.4, 0.5) is 0 Å². The van der Waals surface area contributed by atoms with Gasteiger partial charge < -0.3 is 23.5 Å².